The fraction of sp³-hybridized carbons (Fsp3) is 0.500. The van der Waals surface area contributed by atoms with Crippen molar-refractivity contribution >= 4 is 31.5 Å². The molecule has 0 saturated carbocycles. The lowest BCUT2D eigenvalue weighted by Gasteiger charge is -2.35. The molecule has 1 aliphatic heterocycles. The number of anilines is 1. The molecule has 0 N–H and O–H groups in total. The molecule has 37 heavy (non-hydrogen) atoms. The van der Waals surface area contributed by atoms with Gasteiger partial charge in [0.05, 0.1) is 23.5 Å². The summed E-state index contributed by atoms with van der Waals surface area (Å²) in [5.74, 6) is 0. The van der Waals surface area contributed by atoms with Crippen LogP contribution >= 0.6 is 0 Å². The Balaban J connectivity index is 1.91. The van der Waals surface area contributed by atoms with E-state index in [1.165, 1.54) is 10.4 Å². The van der Waals surface area contributed by atoms with Crippen LogP contribution < -0.4 is 4.90 Å². The van der Waals surface area contributed by atoms with Crippen molar-refractivity contribution in [1.29, 1.82) is 0 Å². The van der Waals surface area contributed by atoms with Gasteiger partial charge in [-0.15, -0.1) is 0 Å². The summed E-state index contributed by atoms with van der Waals surface area (Å²) < 4.78 is 56.9. The van der Waals surface area contributed by atoms with Crippen molar-refractivity contribution < 1.29 is 25.9 Å². The number of aryl methyl sites for hydroxylation is 1. The predicted octanol–water partition coefficient (Wildman–Crippen LogP) is 2.60. The number of hydrogen-bond donors (Lipinski definition) is 0. The SMILES string of the molecule is CCCN(CCOS(C)(=O)=O)c1c(C)cc([N+](=O)[O-])cc1S(=O)(=O)N1CCN(Cc2ccccc2)CC1. The molecule has 1 fully saturated rings. The van der Waals surface area contributed by atoms with Crippen molar-refractivity contribution in [2.24, 2.45) is 0 Å². The minimum atomic E-state index is -4.08. The second-order valence-corrected chi connectivity index (χ2v) is 12.6. The van der Waals surface area contributed by atoms with Crippen molar-refractivity contribution in [3.05, 3.63) is 63.7 Å². The van der Waals surface area contributed by atoms with Crippen LogP contribution in [0.15, 0.2) is 47.4 Å². The summed E-state index contributed by atoms with van der Waals surface area (Å²) in [6, 6.07) is 12.4. The van der Waals surface area contributed by atoms with Gasteiger partial charge in [-0.25, -0.2) is 8.42 Å². The lowest BCUT2D eigenvalue weighted by atomic mass is 10.1. The number of hydrogen-bond acceptors (Lipinski definition) is 9. The first-order valence-corrected chi connectivity index (χ1v) is 15.3. The fourth-order valence-corrected chi connectivity index (χ4v) is 6.55. The molecular weight excluding hydrogens is 520 g/mol. The molecular formula is C24H34N4O7S2. The number of non-ortho nitro benzene ring substituents is 1. The largest absolute Gasteiger partial charge is 0.368 e. The van der Waals surface area contributed by atoms with Crippen LogP contribution in [0, 0.1) is 17.0 Å². The van der Waals surface area contributed by atoms with Gasteiger partial charge in [0.1, 0.15) is 4.90 Å². The number of nitrogens with zero attached hydrogens (tertiary/aromatic N) is 4. The van der Waals surface area contributed by atoms with Gasteiger partial charge in [0.2, 0.25) is 10.0 Å². The third kappa shape index (κ3) is 7.71. The number of benzene rings is 2. The minimum Gasteiger partial charge on any atom is -0.368 e. The number of piperazine rings is 1. The van der Waals surface area contributed by atoms with Gasteiger partial charge >= 0.3 is 0 Å². The zero-order valence-electron chi connectivity index (χ0n) is 21.4. The molecule has 3 rings (SSSR count). The summed E-state index contributed by atoms with van der Waals surface area (Å²) >= 11 is 0. The van der Waals surface area contributed by atoms with Gasteiger partial charge in [-0.1, -0.05) is 37.3 Å². The van der Waals surface area contributed by atoms with Gasteiger partial charge in [0.15, 0.2) is 0 Å². The standard InChI is InChI=1S/C24H34N4O7S2/c1-4-10-26(15-16-35-36(3,31)32)24-20(2)17-22(28(29)30)18-23(24)37(33,34)27-13-11-25(12-14-27)19-21-8-6-5-7-9-21/h5-9,17-18H,4,10-16,19H2,1-3H3. The van der Waals surface area contributed by atoms with Crippen LogP contribution in [0.2, 0.25) is 0 Å². The Hall–Kier alpha value is -2.58. The maximum atomic E-state index is 13.9. The molecule has 13 heteroatoms. The van der Waals surface area contributed by atoms with Gasteiger partial charge < -0.3 is 4.90 Å². The van der Waals surface area contributed by atoms with E-state index in [1.807, 2.05) is 37.3 Å². The first-order chi connectivity index (χ1) is 17.4. The maximum Gasteiger partial charge on any atom is 0.271 e. The minimum absolute atomic E-state index is 0.104. The Morgan fingerprint density at radius 1 is 1.03 bits per heavy atom. The lowest BCUT2D eigenvalue weighted by molar-refractivity contribution is -0.385. The van der Waals surface area contributed by atoms with Gasteiger partial charge in [0.25, 0.3) is 15.8 Å². The monoisotopic (exact) mass is 554 g/mol. The van der Waals surface area contributed by atoms with E-state index in [2.05, 4.69) is 4.90 Å². The van der Waals surface area contributed by atoms with Crippen molar-refractivity contribution in [3.8, 4) is 0 Å². The molecule has 2 aromatic rings. The van der Waals surface area contributed by atoms with Crippen LogP contribution in [0.1, 0.15) is 24.5 Å². The quantitative estimate of drug-likeness (QED) is 0.221. The summed E-state index contributed by atoms with van der Waals surface area (Å²) in [4.78, 5) is 14.7. The van der Waals surface area contributed by atoms with Gasteiger partial charge in [-0.05, 0) is 24.5 Å². The highest BCUT2D eigenvalue weighted by Crippen LogP contribution is 2.35. The van der Waals surface area contributed by atoms with E-state index in [9.17, 15) is 26.9 Å². The Labute approximate surface area is 219 Å². The second-order valence-electron chi connectivity index (χ2n) is 9.05. The molecule has 1 aliphatic rings. The van der Waals surface area contributed by atoms with Crippen molar-refractivity contribution in [2.75, 3.05) is 57.0 Å². The zero-order chi connectivity index (χ0) is 27.2. The number of nitro benzene ring substituents is 1. The average Bonchev–Trinajstić information content (AvgIpc) is 2.83. The molecule has 2 aromatic carbocycles. The highest BCUT2D eigenvalue weighted by atomic mass is 32.2. The smallest absolute Gasteiger partial charge is 0.271 e. The van der Waals surface area contributed by atoms with Gasteiger partial charge in [0, 0.05) is 57.9 Å². The van der Waals surface area contributed by atoms with E-state index in [0.717, 1.165) is 17.9 Å². The van der Waals surface area contributed by atoms with Gasteiger partial charge in [-0.3, -0.25) is 19.2 Å². The summed E-state index contributed by atoms with van der Waals surface area (Å²) in [5, 5.41) is 11.6. The molecule has 0 atom stereocenters. The molecule has 1 heterocycles. The van der Waals surface area contributed by atoms with Crippen LogP contribution in [-0.4, -0.2) is 83.1 Å². The average molecular weight is 555 g/mol. The Kier molecular flexibility index (Phi) is 9.64. The van der Waals surface area contributed by atoms with E-state index in [-0.39, 0.29) is 36.8 Å². The molecule has 204 valence electrons. The molecule has 0 unspecified atom stereocenters. The predicted molar refractivity (Wildman–Crippen MR) is 142 cm³/mol. The van der Waals surface area contributed by atoms with E-state index in [0.29, 0.717) is 43.9 Å². The molecule has 0 spiro atoms. The summed E-state index contributed by atoms with van der Waals surface area (Å²) in [6.45, 7) is 6.14. The first-order valence-electron chi connectivity index (χ1n) is 12.1. The van der Waals surface area contributed by atoms with E-state index in [4.69, 9.17) is 4.18 Å². The third-order valence-electron chi connectivity index (χ3n) is 6.13. The van der Waals surface area contributed by atoms with E-state index >= 15 is 0 Å². The molecule has 0 aromatic heterocycles. The summed E-state index contributed by atoms with van der Waals surface area (Å²) in [6.07, 6.45) is 1.59. The second kappa shape index (κ2) is 12.3. The molecule has 11 nitrogen and oxygen atoms in total. The highest BCUT2D eigenvalue weighted by Gasteiger charge is 2.34. The Morgan fingerprint density at radius 3 is 2.24 bits per heavy atom. The first kappa shape index (κ1) is 29.0. The number of sulfonamides is 1. The topological polar surface area (TPSA) is 130 Å². The fourth-order valence-electron chi connectivity index (χ4n) is 4.45. The van der Waals surface area contributed by atoms with Gasteiger partial charge in [-0.2, -0.15) is 12.7 Å². The number of nitro groups is 1. The zero-order valence-corrected chi connectivity index (χ0v) is 23.0. The van der Waals surface area contributed by atoms with Crippen LogP contribution in [-0.2, 0) is 30.9 Å². The Morgan fingerprint density at radius 2 is 1.68 bits per heavy atom. The van der Waals surface area contributed by atoms with E-state index < -0.39 is 25.1 Å². The molecule has 0 amide bonds. The number of rotatable bonds is 12. The van der Waals surface area contributed by atoms with E-state index in [1.54, 1.807) is 11.8 Å². The van der Waals surface area contributed by atoms with Crippen molar-refractivity contribution in [2.45, 2.75) is 31.7 Å². The van der Waals surface area contributed by atoms with Crippen LogP contribution in [0.5, 0.6) is 0 Å². The van der Waals surface area contributed by atoms with Crippen molar-refractivity contribution in [3.63, 3.8) is 0 Å². The van der Waals surface area contributed by atoms with Crippen LogP contribution in [0.3, 0.4) is 0 Å². The normalized spacial score (nSPS) is 15.5. The molecule has 0 aliphatic carbocycles. The molecule has 1 saturated heterocycles. The highest BCUT2D eigenvalue weighted by molar-refractivity contribution is 7.89. The molecule has 0 bridgehead atoms. The molecule has 0 radical (unpaired) electrons. The summed E-state index contributed by atoms with van der Waals surface area (Å²) in [7, 11) is -7.76. The van der Waals surface area contributed by atoms with Crippen molar-refractivity contribution in [1.82, 2.24) is 9.21 Å². The third-order valence-corrected chi connectivity index (χ3v) is 8.63. The summed E-state index contributed by atoms with van der Waals surface area (Å²) in [5.41, 5.74) is 1.58. The lowest BCUT2D eigenvalue weighted by Crippen LogP contribution is -2.48. The maximum absolute atomic E-state index is 13.9. The van der Waals surface area contributed by atoms with Crippen LogP contribution in [0.4, 0.5) is 11.4 Å². The van der Waals surface area contributed by atoms with Crippen LogP contribution in [0.25, 0.3) is 0 Å². The Bertz CT molecular complexity index is 1290.